The van der Waals surface area contributed by atoms with E-state index in [1.807, 2.05) is 30.3 Å². The van der Waals surface area contributed by atoms with E-state index >= 15 is 0 Å². The number of aromatic nitrogens is 1. The van der Waals surface area contributed by atoms with E-state index in [1.165, 1.54) is 6.20 Å². The van der Waals surface area contributed by atoms with Crippen LogP contribution in [0, 0.1) is 0 Å². The van der Waals surface area contributed by atoms with E-state index in [2.05, 4.69) is 10.3 Å². The van der Waals surface area contributed by atoms with Gasteiger partial charge in [-0.1, -0.05) is 36.4 Å². The van der Waals surface area contributed by atoms with Crippen molar-refractivity contribution in [1.82, 2.24) is 15.2 Å². The Balaban J connectivity index is 1.82. The average molecular weight is 363 g/mol. The summed E-state index contributed by atoms with van der Waals surface area (Å²) in [5, 5.41) is 3.33. The number of alkyl halides is 3. The highest BCUT2D eigenvalue weighted by Crippen LogP contribution is 2.30. The fourth-order valence-electron chi connectivity index (χ4n) is 3.32. The van der Waals surface area contributed by atoms with Crippen molar-refractivity contribution >= 4 is 5.91 Å². The van der Waals surface area contributed by atoms with Crippen LogP contribution < -0.4 is 5.32 Å². The molecule has 1 aliphatic heterocycles. The van der Waals surface area contributed by atoms with Crippen molar-refractivity contribution in [2.24, 2.45) is 0 Å². The van der Waals surface area contributed by atoms with Crippen LogP contribution in [0.5, 0.6) is 0 Å². The molecular weight excluding hydrogens is 343 g/mol. The summed E-state index contributed by atoms with van der Waals surface area (Å²) in [7, 11) is 0. The van der Waals surface area contributed by atoms with Crippen molar-refractivity contribution < 1.29 is 18.0 Å². The zero-order chi connectivity index (χ0) is 18.6. The Morgan fingerprint density at radius 2 is 1.88 bits per heavy atom. The Hall–Kier alpha value is -2.41. The van der Waals surface area contributed by atoms with Crippen molar-refractivity contribution in [3.8, 4) is 0 Å². The summed E-state index contributed by atoms with van der Waals surface area (Å²) < 4.78 is 39.4. The number of piperidine rings is 1. The first kappa shape index (κ1) is 18.4. The van der Waals surface area contributed by atoms with E-state index in [1.54, 1.807) is 18.2 Å². The molecule has 1 saturated heterocycles. The number of amides is 1. The zero-order valence-corrected chi connectivity index (χ0v) is 14.1. The first-order chi connectivity index (χ1) is 12.4. The van der Waals surface area contributed by atoms with E-state index in [-0.39, 0.29) is 12.6 Å². The summed E-state index contributed by atoms with van der Waals surface area (Å²) in [6.45, 7) is 0.402. The Morgan fingerprint density at radius 3 is 2.54 bits per heavy atom. The van der Waals surface area contributed by atoms with Crippen LogP contribution in [-0.2, 0) is 11.3 Å². The second-order valence-corrected chi connectivity index (χ2v) is 6.35. The quantitative estimate of drug-likeness (QED) is 0.905. The van der Waals surface area contributed by atoms with Crippen molar-refractivity contribution in [3.05, 3.63) is 66.0 Å². The molecule has 1 aliphatic rings. The molecule has 138 valence electrons. The van der Waals surface area contributed by atoms with E-state index in [9.17, 15) is 18.0 Å². The van der Waals surface area contributed by atoms with Crippen molar-refractivity contribution in [2.75, 3.05) is 6.54 Å². The molecule has 7 heteroatoms. The molecule has 0 saturated carbocycles. The molecule has 2 unspecified atom stereocenters. The van der Waals surface area contributed by atoms with Crippen molar-refractivity contribution in [3.63, 3.8) is 0 Å². The van der Waals surface area contributed by atoms with Gasteiger partial charge in [0.2, 0.25) is 0 Å². The van der Waals surface area contributed by atoms with Gasteiger partial charge in [0, 0.05) is 18.3 Å². The lowest BCUT2D eigenvalue weighted by Gasteiger charge is -2.38. The van der Waals surface area contributed by atoms with E-state index in [0.29, 0.717) is 25.1 Å². The Bertz CT molecular complexity index is 722. The van der Waals surface area contributed by atoms with Crippen LogP contribution in [0.4, 0.5) is 13.2 Å². The van der Waals surface area contributed by atoms with Gasteiger partial charge in [-0.25, -0.2) is 0 Å². The van der Waals surface area contributed by atoms with E-state index in [4.69, 9.17) is 0 Å². The second-order valence-electron chi connectivity index (χ2n) is 6.35. The smallest absolute Gasteiger partial charge is 0.326 e. The topological polar surface area (TPSA) is 45.2 Å². The predicted octanol–water partition coefficient (Wildman–Crippen LogP) is 3.47. The van der Waals surface area contributed by atoms with E-state index < -0.39 is 18.1 Å². The molecule has 0 bridgehead atoms. The summed E-state index contributed by atoms with van der Waals surface area (Å²) in [5.41, 5.74) is 1.45. The van der Waals surface area contributed by atoms with Gasteiger partial charge in [0.25, 0.3) is 0 Å². The number of hydrogen-bond donors (Lipinski definition) is 1. The number of nitrogens with zero attached hydrogens (tertiary/aromatic N) is 2. The van der Waals surface area contributed by atoms with Gasteiger partial charge >= 0.3 is 12.1 Å². The highest BCUT2D eigenvalue weighted by molar-refractivity contribution is 5.82. The number of hydrogen-bond acceptors (Lipinski definition) is 3. The molecule has 1 aromatic carbocycles. The lowest BCUT2D eigenvalue weighted by molar-refractivity contribution is -0.189. The molecule has 2 atom stereocenters. The molecule has 1 fully saturated rings. The lowest BCUT2D eigenvalue weighted by Crippen LogP contribution is -2.50. The molecule has 1 N–H and O–H groups in total. The monoisotopic (exact) mass is 363 g/mol. The van der Waals surface area contributed by atoms with Crippen molar-refractivity contribution in [2.45, 2.75) is 37.6 Å². The van der Waals surface area contributed by atoms with Crippen LogP contribution in [-0.4, -0.2) is 34.6 Å². The predicted molar refractivity (Wildman–Crippen MR) is 91.0 cm³/mol. The molecule has 26 heavy (non-hydrogen) atoms. The summed E-state index contributed by atoms with van der Waals surface area (Å²) >= 11 is 0. The third-order valence-corrected chi connectivity index (χ3v) is 4.58. The SMILES string of the molecule is O=C(N(Cc1ccccn1)C1CCNC(c2ccccc2)C1)C(F)(F)F. The third-order valence-electron chi connectivity index (χ3n) is 4.58. The molecule has 2 aromatic rings. The van der Waals surface area contributed by atoms with Gasteiger partial charge in [-0.05, 0) is 37.1 Å². The minimum absolute atomic E-state index is 0.0813. The summed E-state index contributed by atoms with van der Waals surface area (Å²) in [6, 6.07) is 14.0. The van der Waals surface area contributed by atoms with Crippen molar-refractivity contribution in [1.29, 1.82) is 0 Å². The molecule has 1 amide bonds. The maximum atomic E-state index is 13.1. The maximum absolute atomic E-state index is 13.1. The molecule has 0 aliphatic carbocycles. The van der Waals surface area contributed by atoms with Gasteiger partial charge in [0.05, 0.1) is 12.2 Å². The molecule has 4 nitrogen and oxygen atoms in total. The zero-order valence-electron chi connectivity index (χ0n) is 14.1. The summed E-state index contributed by atoms with van der Waals surface area (Å²) in [6.07, 6.45) is -2.49. The van der Waals surface area contributed by atoms with Gasteiger partial charge < -0.3 is 10.2 Å². The fourth-order valence-corrected chi connectivity index (χ4v) is 3.32. The third kappa shape index (κ3) is 4.40. The number of rotatable bonds is 4. The van der Waals surface area contributed by atoms with Gasteiger partial charge in [-0.3, -0.25) is 9.78 Å². The van der Waals surface area contributed by atoms with Crippen LogP contribution in [0.1, 0.15) is 30.1 Å². The highest BCUT2D eigenvalue weighted by atomic mass is 19.4. The minimum Gasteiger partial charge on any atom is -0.326 e. The van der Waals surface area contributed by atoms with Gasteiger partial charge in [-0.15, -0.1) is 0 Å². The molecule has 3 rings (SSSR count). The first-order valence-electron chi connectivity index (χ1n) is 8.51. The average Bonchev–Trinajstić information content (AvgIpc) is 2.66. The van der Waals surface area contributed by atoms with Crippen LogP contribution in [0.3, 0.4) is 0 Å². The van der Waals surface area contributed by atoms with Gasteiger partial charge in [0.1, 0.15) is 0 Å². The Kier molecular flexibility index (Phi) is 5.56. The van der Waals surface area contributed by atoms with Gasteiger partial charge in [-0.2, -0.15) is 13.2 Å². The second kappa shape index (κ2) is 7.86. The van der Waals surface area contributed by atoms with Gasteiger partial charge in [0.15, 0.2) is 0 Å². The van der Waals surface area contributed by atoms with Crippen LogP contribution in [0.25, 0.3) is 0 Å². The van der Waals surface area contributed by atoms with Crippen LogP contribution in [0.15, 0.2) is 54.7 Å². The lowest BCUT2D eigenvalue weighted by atomic mass is 9.92. The van der Waals surface area contributed by atoms with Crippen LogP contribution >= 0.6 is 0 Å². The van der Waals surface area contributed by atoms with E-state index in [0.717, 1.165) is 10.5 Å². The number of pyridine rings is 1. The number of nitrogens with one attached hydrogen (secondary N) is 1. The Morgan fingerprint density at radius 1 is 1.15 bits per heavy atom. The Labute approximate surface area is 150 Å². The number of carbonyl (C=O) groups excluding carboxylic acids is 1. The fraction of sp³-hybridized carbons (Fsp3) is 0.368. The largest absolute Gasteiger partial charge is 0.471 e. The number of benzene rings is 1. The molecular formula is C19H20F3N3O. The molecule has 2 heterocycles. The summed E-state index contributed by atoms with van der Waals surface area (Å²) in [4.78, 5) is 17.1. The minimum atomic E-state index is -4.90. The number of carbonyl (C=O) groups is 1. The highest BCUT2D eigenvalue weighted by Gasteiger charge is 2.45. The number of halogens is 3. The first-order valence-corrected chi connectivity index (χ1v) is 8.51. The standard InChI is InChI=1S/C19H20F3N3O/c20-19(21,22)18(26)25(13-15-8-4-5-10-23-15)16-9-11-24-17(12-16)14-6-2-1-3-7-14/h1-8,10,16-17,24H,9,11-13H2. The molecule has 0 spiro atoms. The maximum Gasteiger partial charge on any atom is 0.471 e. The molecule has 0 radical (unpaired) electrons. The van der Waals surface area contributed by atoms with Crippen LogP contribution in [0.2, 0.25) is 0 Å². The molecule has 1 aromatic heterocycles. The normalized spacial score (nSPS) is 20.6. The summed E-state index contributed by atoms with van der Waals surface area (Å²) in [5.74, 6) is -1.80.